The molecule has 9 heteroatoms. The fourth-order valence-corrected chi connectivity index (χ4v) is 5.68. The highest BCUT2D eigenvalue weighted by Gasteiger charge is 2.43. The number of amides is 3. The first-order chi connectivity index (χ1) is 18.8. The summed E-state index contributed by atoms with van der Waals surface area (Å²) in [6, 6.07) is 9.42. The van der Waals surface area contributed by atoms with Crippen molar-refractivity contribution in [2.45, 2.75) is 91.0 Å². The van der Waals surface area contributed by atoms with Gasteiger partial charge in [0.15, 0.2) is 0 Å². The minimum atomic E-state index is -0.910. The number of rotatable bonds is 10. The number of carbonyl (C=O) groups excluding carboxylic acids is 3. The maximum absolute atomic E-state index is 14.5. The molecule has 2 aromatic carbocycles. The molecule has 2 N–H and O–H groups in total. The third-order valence-corrected chi connectivity index (χ3v) is 8.09. The van der Waals surface area contributed by atoms with Crippen LogP contribution in [-0.4, -0.2) is 52.5 Å². The molecule has 1 saturated carbocycles. The average molecular weight is 588 g/mol. The molecule has 3 rings (SSSR count). The SMILES string of the molecule is CSCCC(NC(=O)OC(C)(C)C)C(=O)N(C1CCC1)C(C(=O)Nc1c(C)cccc1Cl)c1c(C)cccc1C. The quantitative estimate of drug-likeness (QED) is 0.313. The molecule has 7 nitrogen and oxygen atoms in total. The van der Waals surface area contributed by atoms with Gasteiger partial charge in [-0.05, 0) is 108 Å². The number of alkyl carbamates (subject to hydrolysis) is 1. The first kappa shape index (κ1) is 31.8. The van der Waals surface area contributed by atoms with Crippen LogP contribution in [0.5, 0.6) is 0 Å². The van der Waals surface area contributed by atoms with Crippen LogP contribution in [0.2, 0.25) is 5.02 Å². The number of hydrogen-bond acceptors (Lipinski definition) is 5. The Morgan fingerprint density at radius 1 is 1.05 bits per heavy atom. The Labute approximate surface area is 247 Å². The second kappa shape index (κ2) is 13.8. The summed E-state index contributed by atoms with van der Waals surface area (Å²) in [6.07, 6.45) is 4.25. The van der Waals surface area contributed by atoms with E-state index in [0.717, 1.165) is 41.5 Å². The second-order valence-corrected chi connectivity index (χ2v) is 12.8. The van der Waals surface area contributed by atoms with E-state index in [1.54, 1.807) is 43.5 Å². The lowest BCUT2D eigenvalue weighted by Crippen LogP contribution is -2.57. The molecule has 0 radical (unpaired) electrons. The van der Waals surface area contributed by atoms with Gasteiger partial charge in [0.05, 0.1) is 10.7 Å². The lowest BCUT2D eigenvalue weighted by Gasteiger charge is -2.44. The van der Waals surface area contributed by atoms with Crippen molar-refractivity contribution < 1.29 is 19.1 Å². The highest BCUT2D eigenvalue weighted by Crippen LogP contribution is 2.37. The molecule has 0 heterocycles. The number of nitrogens with zero attached hydrogens (tertiary/aromatic N) is 1. The molecule has 0 bridgehead atoms. The summed E-state index contributed by atoms with van der Waals surface area (Å²) in [5, 5.41) is 6.29. The summed E-state index contributed by atoms with van der Waals surface area (Å²) in [7, 11) is 0. The van der Waals surface area contributed by atoms with Crippen molar-refractivity contribution in [2.75, 3.05) is 17.3 Å². The van der Waals surface area contributed by atoms with Crippen molar-refractivity contribution in [2.24, 2.45) is 0 Å². The molecule has 1 aliphatic carbocycles. The van der Waals surface area contributed by atoms with Gasteiger partial charge in [0, 0.05) is 6.04 Å². The summed E-state index contributed by atoms with van der Waals surface area (Å²) in [5.41, 5.74) is 3.25. The van der Waals surface area contributed by atoms with Crippen molar-refractivity contribution in [1.82, 2.24) is 10.2 Å². The summed E-state index contributed by atoms with van der Waals surface area (Å²) in [4.78, 5) is 43.2. The van der Waals surface area contributed by atoms with Crippen LogP contribution in [0.1, 0.15) is 74.8 Å². The summed E-state index contributed by atoms with van der Waals surface area (Å²) < 4.78 is 5.49. The molecule has 0 saturated heterocycles. The van der Waals surface area contributed by atoms with Gasteiger partial charge < -0.3 is 20.3 Å². The number of halogens is 1. The Kier molecular flexibility index (Phi) is 11.0. The molecule has 1 fully saturated rings. The Hall–Kier alpha value is -2.71. The summed E-state index contributed by atoms with van der Waals surface area (Å²) in [5.74, 6) is 0.0297. The lowest BCUT2D eigenvalue weighted by molar-refractivity contribution is -0.145. The fraction of sp³-hybridized carbons (Fsp3) is 0.516. The predicted octanol–water partition coefficient (Wildman–Crippen LogP) is 6.97. The zero-order valence-electron chi connectivity index (χ0n) is 24.6. The standard InChI is InChI=1S/C31H42ClN3O4S/c1-19-11-8-12-20(2)25(19)27(28(36)34-26-21(3)13-9-16-23(26)32)35(22-14-10-15-22)29(37)24(17-18-40-7)33-30(38)39-31(4,5)6/h8-9,11-13,16,22,24,27H,10,14-15,17-18H2,1-7H3,(H,33,38)(H,34,36). The maximum atomic E-state index is 14.5. The van der Waals surface area contributed by atoms with Gasteiger partial charge in [-0.3, -0.25) is 9.59 Å². The van der Waals surface area contributed by atoms with Crippen LogP contribution >= 0.6 is 23.4 Å². The van der Waals surface area contributed by atoms with Crippen LogP contribution < -0.4 is 10.6 Å². The highest BCUT2D eigenvalue weighted by atomic mass is 35.5. The van der Waals surface area contributed by atoms with E-state index in [1.165, 1.54) is 0 Å². The van der Waals surface area contributed by atoms with Crippen LogP contribution in [0.3, 0.4) is 0 Å². The van der Waals surface area contributed by atoms with Crippen LogP contribution in [0.15, 0.2) is 36.4 Å². The van der Waals surface area contributed by atoms with E-state index in [0.29, 0.717) is 22.9 Å². The molecule has 0 spiro atoms. The average Bonchev–Trinajstić information content (AvgIpc) is 2.82. The number of carbonyl (C=O) groups is 3. The number of thioether (sulfide) groups is 1. The minimum Gasteiger partial charge on any atom is -0.444 e. The number of para-hydroxylation sites is 1. The first-order valence-corrected chi connectivity index (χ1v) is 15.5. The van der Waals surface area contributed by atoms with E-state index < -0.39 is 23.8 Å². The molecule has 0 aromatic heterocycles. The van der Waals surface area contributed by atoms with Gasteiger partial charge in [-0.2, -0.15) is 11.8 Å². The molecule has 3 amide bonds. The van der Waals surface area contributed by atoms with Crippen molar-refractivity contribution in [1.29, 1.82) is 0 Å². The molecule has 1 aliphatic rings. The van der Waals surface area contributed by atoms with Gasteiger partial charge >= 0.3 is 6.09 Å². The molecule has 40 heavy (non-hydrogen) atoms. The molecular weight excluding hydrogens is 546 g/mol. The van der Waals surface area contributed by atoms with E-state index >= 15 is 0 Å². The van der Waals surface area contributed by atoms with Gasteiger partial charge in [-0.25, -0.2) is 4.79 Å². The third-order valence-electron chi connectivity index (χ3n) is 7.13. The maximum Gasteiger partial charge on any atom is 0.408 e. The third kappa shape index (κ3) is 7.94. The summed E-state index contributed by atoms with van der Waals surface area (Å²) >= 11 is 8.08. The van der Waals surface area contributed by atoms with Crippen molar-refractivity contribution in [3.63, 3.8) is 0 Å². The van der Waals surface area contributed by atoms with Gasteiger partial charge in [0.1, 0.15) is 17.7 Å². The number of anilines is 1. The first-order valence-electron chi connectivity index (χ1n) is 13.8. The normalized spacial score (nSPS) is 15.0. The Bertz CT molecular complexity index is 1190. The predicted molar refractivity (Wildman–Crippen MR) is 164 cm³/mol. The zero-order valence-corrected chi connectivity index (χ0v) is 26.2. The van der Waals surface area contributed by atoms with Gasteiger partial charge in [0.2, 0.25) is 5.91 Å². The number of aryl methyl sites for hydroxylation is 3. The van der Waals surface area contributed by atoms with E-state index in [9.17, 15) is 14.4 Å². The fourth-order valence-electron chi connectivity index (χ4n) is 4.94. The molecular formula is C31H42ClN3O4S. The van der Waals surface area contributed by atoms with Crippen molar-refractivity contribution in [3.05, 3.63) is 63.7 Å². The van der Waals surface area contributed by atoms with E-state index in [1.807, 2.05) is 57.4 Å². The van der Waals surface area contributed by atoms with Crippen LogP contribution in [-0.2, 0) is 14.3 Å². The van der Waals surface area contributed by atoms with Gasteiger partial charge in [-0.15, -0.1) is 0 Å². The summed E-state index contributed by atoms with van der Waals surface area (Å²) in [6.45, 7) is 11.1. The smallest absolute Gasteiger partial charge is 0.408 e. The molecule has 0 aliphatic heterocycles. The largest absolute Gasteiger partial charge is 0.444 e. The second-order valence-electron chi connectivity index (χ2n) is 11.4. The van der Waals surface area contributed by atoms with E-state index in [-0.39, 0.29) is 17.9 Å². The topological polar surface area (TPSA) is 87.7 Å². The number of ether oxygens (including phenoxy) is 1. The number of benzene rings is 2. The molecule has 2 atom stereocenters. The zero-order chi connectivity index (χ0) is 29.6. The van der Waals surface area contributed by atoms with Gasteiger partial charge in [0.25, 0.3) is 5.91 Å². The van der Waals surface area contributed by atoms with Gasteiger partial charge in [-0.1, -0.05) is 41.9 Å². The van der Waals surface area contributed by atoms with Crippen LogP contribution in [0.25, 0.3) is 0 Å². The van der Waals surface area contributed by atoms with Crippen LogP contribution in [0, 0.1) is 20.8 Å². The van der Waals surface area contributed by atoms with Crippen molar-refractivity contribution in [3.8, 4) is 0 Å². The molecule has 2 aromatic rings. The molecule has 2 unspecified atom stereocenters. The van der Waals surface area contributed by atoms with E-state index in [2.05, 4.69) is 10.6 Å². The molecule has 218 valence electrons. The Morgan fingerprint density at radius 2 is 1.65 bits per heavy atom. The van der Waals surface area contributed by atoms with E-state index in [4.69, 9.17) is 16.3 Å². The number of nitrogens with one attached hydrogen (secondary N) is 2. The number of hydrogen-bond donors (Lipinski definition) is 2. The Morgan fingerprint density at radius 3 is 2.17 bits per heavy atom. The monoisotopic (exact) mass is 587 g/mol. The lowest BCUT2D eigenvalue weighted by atomic mass is 9.86. The van der Waals surface area contributed by atoms with Crippen LogP contribution in [0.4, 0.5) is 10.5 Å². The minimum absolute atomic E-state index is 0.133. The van der Waals surface area contributed by atoms with Crippen molar-refractivity contribution >= 4 is 47.0 Å². The highest BCUT2D eigenvalue weighted by molar-refractivity contribution is 7.98. The Balaban J connectivity index is 2.09.